The number of nitrogens with zero attached hydrogens (tertiary/aromatic N) is 3. The Balaban J connectivity index is 1.66. The molecule has 4 rings (SSSR count). The Hall–Kier alpha value is -3.56. The number of likely N-dealkylation sites (tertiary alicyclic amines) is 1. The molecule has 3 heterocycles. The second kappa shape index (κ2) is 9.36. The highest BCUT2D eigenvalue weighted by atomic mass is 19.1. The number of anilines is 1. The highest BCUT2D eigenvalue weighted by molar-refractivity contribution is 5.87. The molecule has 0 aliphatic carbocycles. The average molecular weight is 472 g/mol. The second-order valence-corrected chi connectivity index (χ2v) is 8.57. The number of pyridine rings is 1. The van der Waals surface area contributed by atoms with Gasteiger partial charge in [-0.3, -0.25) is 9.59 Å². The molecule has 1 fully saturated rings. The van der Waals surface area contributed by atoms with Crippen molar-refractivity contribution in [2.75, 3.05) is 18.4 Å². The fourth-order valence-corrected chi connectivity index (χ4v) is 4.16. The Bertz CT molecular complexity index is 1290. The lowest BCUT2D eigenvalue weighted by molar-refractivity contribution is -0.128. The van der Waals surface area contributed by atoms with E-state index in [2.05, 4.69) is 20.3 Å². The summed E-state index contributed by atoms with van der Waals surface area (Å²) in [7, 11) is 0. The van der Waals surface area contributed by atoms with Crippen LogP contribution in [0.15, 0.2) is 29.1 Å². The number of hydrogen-bond acceptors (Lipinski definition) is 6. The number of hydrogen-bond donors (Lipinski definition) is 2. The number of aromatic amines is 1. The number of aryl methyl sites for hydroxylation is 1. The van der Waals surface area contributed by atoms with Gasteiger partial charge >= 0.3 is 0 Å². The number of benzene rings is 1. The zero-order chi connectivity index (χ0) is 24.6. The first kappa shape index (κ1) is 23.6. The highest BCUT2D eigenvalue weighted by Gasteiger charge is 2.27. The number of halogens is 2. The van der Waals surface area contributed by atoms with Gasteiger partial charge in [-0.1, -0.05) is 18.2 Å². The maximum atomic E-state index is 14.9. The first-order chi connectivity index (χ1) is 16.1. The van der Waals surface area contributed by atoms with Gasteiger partial charge in [-0.15, -0.1) is 0 Å². The van der Waals surface area contributed by atoms with Crippen molar-refractivity contribution in [1.29, 1.82) is 0 Å². The van der Waals surface area contributed by atoms with E-state index in [1.165, 1.54) is 19.9 Å². The number of amides is 1. The van der Waals surface area contributed by atoms with Crippen molar-refractivity contribution in [2.45, 2.75) is 52.4 Å². The molecule has 0 radical (unpaired) electrons. The molecule has 8 nitrogen and oxygen atoms in total. The van der Waals surface area contributed by atoms with Crippen molar-refractivity contribution >= 4 is 22.8 Å². The predicted octanol–water partition coefficient (Wildman–Crippen LogP) is 3.97. The van der Waals surface area contributed by atoms with E-state index in [9.17, 15) is 18.4 Å². The second-order valence-electron chi connectivity index (χ2n) is 8.57. The smallest absolute Gasteiger partial charge is 0.291 e. The van der Waals surface area contributed by atoms with E-state index in [-0.39, 0.29) is 23.3 Å². The SMILES string of the molecule is CC(=O)N1CC[C@H](Oc2cc3c(N[C@H](C)c4cccc(C(C)F)c4F)nc(C)nc3[nH]c2=O)C1. The van der Waals surface area contributed by atoms with E-state index >= 15 is 0 Å². The van der Waals surface area contributed by atoms with Crippen LogP contribution >= 0.6 is 0 Å². The van der Waals surface area contributed by atoms with Crippen molar-refractivity contribution < 1.29 is 18.3 Å². The molecule has 0 spiro atoms. The van der Waals surface area contributed by atoms with Gasteiger partial charge in [0.1, 0.15) is 35.4 Å². The fourth-order valence-electron chi connectivity index (χ4n) is 4.16. The van der Waals surface area contributed by atoms with Gasteiger partial charge in [0.2, 0.25) is 5.91 Å². The molecule has 1 saturated heterocycles. The summed E-state index contributed by atoms with van der Waals surface area (Å²) in [6.07, 6.45) is -1.12. The van der Waals surface area contributed by atoms with Crippen LogP contribution in [0.4, 0.5) is 14.6 Å². The fraction of sp³-hybridized carbons (Fsp3) is 0.417. The maximum Gasteiger partial charge on any atom is 0.291 e. The number of aromatic nitrogens is 3. The summed E-state index contributed by atoms with van der Waals surface area (Å²) < 4.78 is 34.6. The van der Waals surface area contributed by atoms with E-state index in [1.807, 2.05) is 0 Å². The summed E-state index contributed by atoms with van der Waals surface area (Å²) in [5.41, 5.74) is 0.151. The van der Waals surface area contributed by atoms with Crippen molar-refractivity contribution in [3.63, 3.8) is 0 Å². The summed E-state index contributed by atoms with van der Waals surface area (Å²) in [5.74, 6) is 0.227. The summed E-state index contributed by atoms with van der Waals surface area (Å²) in [4.78, 5) is 37.3. The van der Waals surface area contributed by atoms with Gasteiger partial charge in [0.25, 0.3) is 5.56 Å². The lowest BCUT2D eigenvalue weighted by atomic mass is 10.0. The molecule has 10 heteroatoms. The zero-order valence-electron chi connectivity index (χ0n) is 19.5. The number of ether oxygens (including phenoxy) is 1. The van der Waals surface area contributed by atoms with Crippen molar-refractivity contribution in [1.82, 2.24) is 19.9 Å². The monoisotopic (exact) mass is 471 g/mol. The maximum absolute atomic E-state index is 14.9. The number of carbonyl (C=O) groups excluding carboxylic acids is 1. The normalized spacial score (nSPS) is 17.6. The summed E-state index contributed by atoms with van der Waals surface area (Å²) in [6.45, 7) is 7.18. The Morgan fingerprint density at radius 1 is 1.29 bits per heavy atom. The van der Waals surface area contributed by atoms with E-state index in [4.69, 9.17) is 4.74 Å². The van der Waals surface area contributed by atoms with Gasteiger partial charge in [0, 0.05) is 37.1 Å². The van der Waals surface area contributed by atoms with E-state index in [0.29, 0.717) is 47.7 Å². The van der Waals surface area contributed by atoms with Gasteiger partial charge < -0.3 is 19.9 Å². The Morgan fingerprint density at radius 3 is 2.71 bits per heavy atom. The molecule has 1 amide bonds. The van der Waals surface area contributed by atoms with Gasteiger partial charge in [-0.2, -0.15) is 0 Å². The van der Waals surface area contributed by atoms with E-state index in [1.54, 1.807) is 36.9 Å². The van der Waals surface area contributed by atoms with Crippen LogP contribution in [-0.2, 0) is 4.79 Å². The van der Waals surface area contributed by atoms with Crippen LogP contribution in [0.3, 0.4) is 0 Å². The molecule has 1 unspecified atom stereocenters. The summed E-state index contributed by atoms with van der Waals surface area (Å²) >= 11 is 0. The topological polar surface area (TPSA) is 100 Å². The summed E-state index contributed by atoms with van der Waals surface area (Å²) in [5, 5.41) is 3.66. The molecule has 0 saturated carbocycles. The van der Waals surface area contributed by atoms with Gasteiger partial charge in [-0.05, 0) is 20.8 Å². The van der Waals surface area contributed by atoms with Crippen molar-refractivity contribution in [3.05, 3.63) is 57.4 Å². The molecule has 3 atom stereocenters. The largest absolute Gasteiger partial charge is 0.483 e. The van der Waals surface area contributed by atoms with Gasteiger partial charge in [0.05, 0.1) is 18.0 Å². The Labute approximate surface area is 195 Å². The van der Waals surface area contributed by atoms with Crippen LogP contribution in [0.2, 0.25) is 0 Å². The third-order valence-corrected chi connectivity index (χ3v) is 5.98. The van der Waals surface area contributed by atoms with E-state index in [0.717, 1.165) is 0 Å². The third kappa shape index (κ3) is 4.71. The third-order valence-electron chi connectivity index (χ3n) is 5.98. The number of H-pyrrole nitrogens is 1. The number of nitrogens with one attached hydrogen (secondary N) is 2. The standard InChI is InChI=1S/C24H27F2N5O3/c1-12(25)17-6-5-7-18(21(17)26)13(2)27-22-19-10-20(24(33)30-23(19)29-14(3)28-22)34-16-8-9-31(11-16)15(4)32/h5-7,10,12-13,16H,8-9,11H2,1-4H3,(H2,27,28,29,30,33)/t12?,13-,16+/m1/s1. The molecular weight excluding hydrogens is 444 g/mol. The van der Waals surface area contributed by atoms with Crippen LogP contribution in [0.25, 0.3) is 11.0 Å². The molecule has 2 aromatic heterocycles. The number of fused-ring (bicyclic) bond motifs is 1. The lowest BCUT2D eigenvalue weighted by Gasteiger charge is -2.19. The minimum Gasteiger partial charge on any atom is -0.483 e. The molecular formula is C24H27F2N5O3. The van der Waals surface area contributed by atoms with Crippen LogP contribution < -0.4 is 15.6 Å². The molecule has 3 aromatic rings. The number of rotatable bonds is 6. The van der Waals surface area contributed by atoms with Crippen LogP contribution in [-0.4, -0.2) is 45.0 Å². The molecule has 1 aliphatic rings. The van der Waals surface area contributed by atoms with Crippen LogP contribution in [0, 0.1) is 12.7 Å². The quantitative estimate of drug-likeness (QED) is 0.564. The number of alkyl halides is 1. The molecule has 2 N–H and O–H groups in total. The first-order valence-corrected chi connectivity index (χ1v) is 11.2. The number of carbonyl (C=O) groups is 1. The Kier molecular flexibility index (Phi) is 6.49. The Morgan fingerprint density at radius 2 is 2.03 bits per heavy atom. The van der Waals surface area contributed by atoms with Crippen molar-refractivity contribution in [3.8, 4) is 5.75 Å². The molecule has 0 bridgehead atoms. The first-order valence-electron chi connectivity index (χ1n) is 11.2. The minimum absolute atomic E-state index is 0.00828. The van der Waals surface area contributed by atoms with Gasteiger partial charge in [-0.25, -0.2) is 18.7 Å². The van der Waals surface area contributed by atoms with Crippen molar-refractivity contribution in [2.24, 2.45) is 0 Å². The molecule has 1 aromatic carbocycles. The van der Waals surface area contributed by atoms with E-state index < -0.39 is 23.6 Å². The van der Waals surface area contributed by atoms with Crippen LogP contribution in [0.1, 0.15) is 56.4 Å². The molecule has 180 valence electrons. The van der Waals surface area contributed by atoms with Crippen LogP contribution in [0.5, 0.6) is 5.75 Å². The zero-order valence-corrected chi connectivity index (χ0v) is 19.5. The minimum atomic E-state index is -1.44. The molecule has 34 heavy (non-hydrogen) atoms. The highest BCUT2D eigenvalue weighted by Crippen LogP contribution is 2.30. The predicted molar refractivity (Wildman–Crippen MR) is 124 cm³/mol. The van der Waals surface area contributed by atoms with Gasteiger partial charge in [0.15, 0.2) is 5.75 Å². The molecule has 1 aliphatic heterocycles. The average Bonchev–Trinajstić information content (AvgIpc) is 3.23. The summed E-state index contributed by atoms with van der Waals surface area (Å²) in [6, 6.07) is 5.62. The lowest BCUT2D eigenvalue weighted by Crippen LogP contribution is -2.29.